The van der Waals surface area contributed by atoms with Gasteiger partial charge in [0.2, 0.25) is 0 Å². The Labute approximate surface area is 169 Å². The SMILES string of the molecule is c1csc(CN(CCCB2Oc3ccccc3O2)B2Oc3ccccc3O2)c1. The monoisotopic (exact) mass is 391 g/mol. The van der Waals surface area contributed by atoms with E-state index in [-0.39, 0.29) is 7.12 Å². The highest BCUT2D eigenvalue weighted by atomic mass is 32.1. The fourth-order valence-electron chi connectivity index (χ4n) is 3.43. The summed E-state index contributed by atoms with van der Waals surface area (Å²) in [5.41, 5.74) is 0. The highest BCUT2D eigenvalue weighted by molar-refractivity contribution is 7.09. The van der Waals surface area contributed by atoms with E-state index in [1.54, 1.807) is 11.3 Å². The lowest BCUT2D eigenvalue weighted by Crippen LogP contribution is -2.46. The first-order valence-electron chi connectivity index (χ1n) is 9.46. The van der Waals surface area contributed by atoms with Gasteiger partial charge in [-0.1, -0.05) is 30.3 Å². The minimum Gasteiger partial charge on any atom is -0.523 e. The van der Waals surface area contributed by atoms with Crippen LogP contribution < -0.4 is 18.6 Å². The third kappa shape index (κ3) is 3.70. The van der Waals surface area contributed by atoms with E-state index in [0.29, 0.717) is 0 Å². The van der Waals surface area contributed by atoms with Crippen LogP contribution >= 0.6 is 11.3 Å². The van der Waals surface area contributed by atoms with Crippen LogP contribution in [0.1, 0.15) is 11.3 Å². The van der Waals surface area contributed by atoms with E-state index in [0.717, 1.165) is 48.8 Å². The van der Waals surface area contributed by atoms with E-state index in [4.69, 9.17) is 18.6 Å². The first-order chi connectivity index (χ1) is 13.8. The van der Waals surface area contributed by atoms with Crippen LogP contribution in [0.5, 0.6) is 23.0 Å². The Morgan fingerprint density at radius 3 is 1.93 bits per heavy atom. The summed E-state index contributed by atoms with van der Waals surface area (Å²) in [6, 6.07) is 19.8. The topological polar surface area (TPSA) is 40.2 Å². The van der Waals surface area contributed by atoms with Gasteiger partial charge in [0.15, 0.2) is 0 Å². The Morgan fingerprint density at radius 2 is 1.36 bits per heavy atom. The summed E-state index contributed by atoms with van der Waals surface area (Å²) in [6.45, 7) is 1.60. The third-order valence-electron chi connectivity index (χ3n) is 4.79. The molecule has 140 valence electrons. The second kappa shape index (κ2) is 7.81. The molecular weight excluding hydrogens is 372 g/mol. The molecule has 0 bridgehead atoms. The van der Waals surface area contributed by atoms with E-state index in [2.05, 4.69) is 22.3 Å². The number of thiophene rings is 1. The van der Waals surface area contributed by atoms with Crippen molar-refractivity contribution in [3.8, 4) is 23.0 Å². The Morgan fingerprint density at radius 1 is 0.750 bits per heavy atom. The van der Waals surface area contributed by atoms with Gasteiger partial charge in [0.1, 0.15) is 23.0 Å². The fourth-order valence-corrected chi connectivity index (χ4v) is 4.16. The van der Waals surface area contributed by atoms with Gasteiger partial charge in [-0.05, 0) is 48.7 Å². The maximum Gasteiger partial charge on any atom is 0.701 e. The summed E-state index contributed by atoms with van der Waals surface area (Å²) in [5, 5.41) is 2.09. The average molecular weight is 391 g/mol. The molecule has 1 aromatic heterocycles. The van der Waals surface area contributed by atoms with Crippen molar-refractivity contribution in [3.05, 3.63) is 70.9 Å². The number of hydrogen-bond acceptors (Lipinski definition) is 6. The normalized spacial score (nSPS) is 14.2. The average Bonchev–Trinajstić information content (AvgIpc) is 3.45. The zero-order chi connectivity index (χ0) is 18.8. The molecule has 8 heteroatoms. The molecule has 0 atom stereocenters. The summed E-state index contributed by atoms with van der Waals surface area (Å²) in [6.07, 6.45) is 1.71. The minimum absolute atomic E-state index is 0.233. The van der Waals surface area contributed by atoms with Gasteiger partial charge in [-0.25, -0.2) is 0 Å². The molecule has 0 spiro atoms. The summed E-state index contributed by atoms with van der Waals surface area (Å²) >= 11 is 1.74. The van der Waals surface area contributed by atoms with Crippen LogP contribution in [0.4, 0.5) is 0 Å². The van der Waals surface area contributed by atoms with Crippen LogP contribution in [0.3, 0.4) is 0 Å². The van der Waals surface area contributed by atoms with Crippen molar-refractivity contribution < 1.29 is 18.6 Å². The lowest BCUT2D eigenvalue weighted by atomic mass is 9.83. The van der Waals surface area contributed by atoms with Gasteiger partial charge in [0.25, 0.3) is 0 Å². The molecule has 0 unspecified atom stereocenters. The Hall–Kier alpha value is -2.57. The summed E-state index contributed by atoms with van der Waals surface area (Å²) in [4.78, 5) is 3.50. The Bertz CT molecular complexity index is 889. The number of benzene rings is 2. The van der Waals surface area contributed by atoms with Crippen LogP contribution in [0.2, 0.25) is 6.32 Å². The number of rotatable bonds is 7. The first kappa shape index (κ1) is 17.5. The molecule has 0 aliphatic carbocycles. The first-order valence-corrected chi connectivity index (χ1v) is 10.3. The fraction of sp³-hybridized carbons (Fsp3) is 0.200. The van der Waals surface area contributed by atoms with Crippen molar-refractivity contribution in [1.29, 1.82) is 0 Å². The maximum absolute atomic E-state index is 6.04. The zero-order valence-corrected chi connectivity index (χ0v) is 16.1. The van der Waals surface area contributed by atoms with Gasteiger partial charge >= 0.3 is 14.4 Å². The third-order valence-corrected chi connectivity index (χ3v) is 5.65. The van der Waals surface area contributed by atoms with Crippen LogP contribution in [-0.4, -0.2) is 25.7 Å². The molecule has 0 fully saturated rings. The minimum atomic E-state index is -0.415. The lowest BCUT2D eigenvalue weighted by molar-refractivity contribution is 0.311. The molecule has 5 nitrogen and oxygen atoms in total. The molecule has 0 radical (unpaired) electrons. The molecule has 28 heavy (non-hydrogen) atoms. The van der Waals surface area contributed by atoms with Gasteiger partial charge < -0.3 is 18.6 Å². The van der Waals surface area contributed by atoms with Crippen molar-refractivity contribution in [2.75, 3.05) is 6.54 Å². The van der Waals surface area contributed by atoms with Crippen molar-refractivity contribution >= 4 is 25.7 Å². The smallest absolute Gasteiger partial charge is 0.523 e. The predicted molar refractivity (Wildman–Crippen MR) is 111 cm³/mol. The highest BCUT2D eigenvalue weighted by Crippen LogP contribution is 2.35. The zero-order valence-electron chi connectivity index (χ0n) is 15.3. The quantitative estimate of drug-likeness (QED) is 0.560. The standard InChI is InChI=1S/C20H19B2NO4S/c1-2-9-18-17(8-1)24-21(25-18)12-6-13-23(15-16-7-5-14-28-16)22-26-19-10-3-4-11-20(19)27-22/h1-5,7-11,14H,6,12-13,15H2. The largest absolute Gasteiger partial charge is 0.701 e. The Balaban J connectivity index is 1.21. The van der Waals surface area contributed by atoms with Gasteiger partial charge in [0.05, 0.1) is 0 Å². The summed E-state index contributed by atoms with van der Waals surface area (Å²) in [5.74, 6) is 3.23. The molecule has 2 aliphatic heterocycles. The van der Waals surface area contributed by atoms with Gasteiger partial charge in [-0.2, -0.15) is 0 Å². The predicted octanol–water partition coefficient (Wildman–Crippen LogP) is 4.36. The number of hydrogen-bond donors (Lipinski definition) is 0. The summed E-state index contributed by atoms with van der Waals surface area (Å²) in [7, 11) is -0.647. The second-order valence-electron chi connectivity index (χ2n) is 6.79. The molecule has 0 N–H and O–H groups in total. The number of fused-ring (bicyclic) bond motifs is 2. The van der Waals surface area contributed by atoms with Crippen molar-refractivity contribution in [2.24, 2.45) is 0 Å². The molecule has 0 saturated heterocycles. The molecular formula is C20H19B2NO4S. The molecule has 2 aliphatic rings. The molecule has 0 amide bonds. The number of para-hydroxylation sites is 4. The lowest BCUT2D eigenvalue weighted by Gasteiger charge is -2.22. The van der Waals surface area contributed by atoms with Crippen molar-refractivity contribution in [3.63, 3.8) is 0 Å². The van der Waals surface area contributed by atoms with Crippen molar-refractivity contribution in [1.82, 2.24) is 4.81 Å². The second-order valence-corrected chi connectivity index (χ2v) is 7.83. The molecule has 5 rings (SSSR count). The van der Waals surface area contributed by atoms with E-state index < -0.39 is 7.25 Å². The van der Waals surface area contributed by atoms with Gasteiger partial charge in [-0.15, -0.1) is 11.3 Å². The van der Waals surface area contributed by atoms with Gasteiger partial charge in [0, 0.05) is 17.7 Å². The van der Waals surface area contributed by atoms with E-state index in [1.807, 2.05) is 48.5 Å². The molecule has 3 aromatic rings. The molecule has 3 heterocycles. The van der Waals surface area contributed by atoms with Gasteiger partial charge in [-0.3, -0.25) is 4.81 Å². The van der Waals surface area contributed by atoms with Crippen LogP contribution in [-0.2, 0) is 6.54 Å². The number of nitrogens with zero attached hydrogens (tertiary/aromatic N) is 1. The van der Waals surface area contributed by atoms with E-state index in [9.17, 15) is 0 Å². The Kier molecular flexibility index (Phi) is 4.89. The highest BCUT2D eigenvalue weighted by Gasteiger charge is 2.40. The van der Waals surface area contributed by atoms with Crippen molar-refractivity contribution in [2.45, 2.75) is 19.3 Å². The maximum atomic E-state index is 6.04. The molecule has 2 aromatic carbocycles. The summed E-state index contributed by atoms with van der Waals surface area (Å²) < 4.78 is 23.8. The van der Waals surface area contributed by atoms with Crippen LogP contribution in [0.25, 0.3) is 0 Å². The van der Waals surface area contributed by atoms with E-state index >= 15 is 0 Å². The van der Waals surface area contributed by atoms with E-state index in [1.165, 1.54) is 4.88 Å². The van der Waals surface area contributed by atoms with Crippen LogP contribution in [0.15, 0.2) is 66.0 Å². The van der Waals surface area contributed by atoms with Crippen LogP contribution in [0, 0.1) is 0 Å². The molecule has 0 saturated carbocycles.